The second-order valence-corrected chi connectivity index (χ2v) is 5.24. The standard InChI is InChI=1S/C11H15N5OS/c1-6(2)16-10(17)14-15-11(16)18-9-8(12)4-7(3)5-13-9/h4-6H,12H2,1-3H3,(H,14,17). The number of rotatable bonds is 3. The number of anilines is 1. The third-order valence-corrected chi connectivity index (χ3v) is 3.40. The van der Waals surface area contributed by atoms with E-state index in [1.54, 1.807) is 10.8 Å². The first-order chi connectivity index (χ1) is 8.49. The van der Waals surface area contributed by atoms with Crippen molar-refractivity contribution in [1.29, 1.82) is 0 Å². The van der Waals surface area contributed by atoms with Crippen LogP contribution < -0.4 is 11.4 Å². The monoisotopic (exact) mass is 265 g/mol. The molecule has 2 rings (SSSR count). The van der Waals surface area contributed by atoms with Crippen LogP contribution in [0.3, 0.4) is 0 Å². The number of H-pyrrole nitrogens is 1. The minimum atomic E-state index is -0.224. The molecule has 96 valence electrons. The van der Waals surface area contributed by atoms with Gasteiger partial charge in [0.1, 0.15) is 5.03 Å². The van der Waals surface area contributed by atoms with E-state index < -0.39 is 0 Å². The summed E-state index contributed by atoms with van der Waals surface area (Å²) >= 11 is 1.28. The molecule has 0 amide bonds. The van der Waals surface area contributed by atoms with Crippen molar-refractivity contribution in [3.05, 3.63) is 28.3 Å². The molecule has 0 aromatic carbocycles. The summed E-state index contributed by atoms with van der Waals surface area (Å²) in [6.45, 7) is 5.77. The van der Waals surface area contributed by atoms with Crippen LogP contribution in [0, 0.1) is 6.92 Å². The molecule has 0 aliphatic heterocycles. The summed E-state index contributed by atoms with van der Waals surface area (Å²) in [5.41, 5.74) is 7.26. The lowest BCUT2D eigenvalue weighted by Gasteiger charge is -2.09. The average Bonchev–Trinajstić information content (AvgIpc) is 2.64. The van der Waals surface area contributed by atoms with Crippen LogP contribution in [0.4, 0.5) is 5.69 Å². The van der Waals surface area contributed by atoms with E-state index >= 15 is 0 Å². The quantitative estimate of drug-likeness (QED) is 0.879. The van der Waals surface area contributed by atoms with E-state index in [4.69, 9.17) is 5.73 Å². The summed E-state index contributed by atoms with van der Waals surface area (Å²) in [7, 11) is 0. The molecular weight excluding hydrogens is 250 g/mol. The van der Waals surface area contributed by atoms with Gasteiger partial charge in [0.15, 0.2) is 5.16 Å². The Bertz CT molecular complexity index is 616. The average molecular weight is 265 g/mol. The molecule has 7 heteroatoms. The van der Waals surface area contributed by atoms with E-state index in [0.717, 1.165) is 5.56 Å². The van der Waals surface area contributed by atoms with Gasteiger partial charge < -0.3 is 5.73 Å². The van der Waals surface area contributed by atoms with Crippen molar-refractivity contribution in [2.24, 2.45) is 0 Å². The number of aryl methyl sites for hydroxylation is 1. The Morgan fingerprint density at radius 3 is 2.83 bits per heavy atom. The Morgan fingerprint density at radius 1 is 1.50 bits per heavy atom. The Labute approximate surface area is 109 Å². The first-order valence-electron chi connectivity index (χ1n) is 5.56. The zero-order valence-electron chi connectivity index (χ0n) is 10.5. The molecule has 18 heavy (non-hydrogen) atoms. The van der Waals surface area contributed by atoms with Crippen molar-refractivity contribution in [1.82, 2.24) is 19.7 Å². The number of hydrogen-bond acceptors (Lipinski definition) is 5. The van der Waals surface area contributed by atoms with Crippen molar-refractivity contribution < 1.29 is 0 Å². The third kappa shape index (κ3) is 2.40. The maximum atomic E-state index is 11.6. The van der Waals surface area contributed by atoms with Gasteiger partial charge in [0.25, 0.3) is 0 Å². The molecule has 0 aliphatic rings. The highest BCUT2D eigenvalue weighted by atomic mass is 32.2. The molecule has 0 radical (unpaired) electrons. The number of pyridine rings is 1. The van der Waals surface area contributed by atoms with Crippen LogP contribution in [-0.4, -0.2) is 19.7 Å². The number of aromatic nitrogens is 4. The van der Waals surface area contributed by atoms with Gasteiger partial charge >= 0.3 is 5.69 Å². The molecule has 0 atom stereocenters. The summed E-state index contributed by atoms with van der Waals surface area (Å²) < 4.78 is 1.58. The van der Waals surface area contributed by atoms with Crippen molar-refractivity contribution in [2.45, 2.75) is 37.0 Å². The van der Waals surface area contributed by atoms with Gasteiger partial charge in [-0.1, -0.05) is 0 Å². The molecule has 2 aromatic rings. The molecule has 0 fully saturated rings. The Balaban J connectivity index is 2.37. The van der Waals surface area contributed by atoms with E-state index in [-0.39, 0.29) is 11.7 Å². The van der Waals surface area contributed by atoms with Crippen molar-refractivity contribution >= 4 is 17.4 Å². The minimum absolute atomic E-state index is 0.0328. The van der Waals surface area contributed by atoms with Crippen LogP contribution in [-0.2, 0) is 0 Å². The van der Waals surface area contributed by atoms with E-state index in [1.807, 2.05) is 26.8 Å². The largest absolute Gasteiger partial charge is 0.397 e. The van der Waals surface area contributed by atoms with Crippen molar-refractivity contribution in [2.75, 3.05) is 5.73 Å². The SMILES string of the molecule is Cc1cnc(Sc2n[nH]c(=O)n2C(C)C)c(N)c1. The zero-order chi connectivity index (χ0) is 13.3. The van der Waals surface area contributed by atoms with E-state index in [2.05, 4.69) is 15.2 Å². The maximum absolute atomic E-state index is 11.6. The highest BCUT2D eigenvalue weighted by Crippen LogP contribution is 2.29. The Hall–Kier alpha value is -1.76. The zero-order valence-corrected chi connectivity index (χ0v) is 11.3. The highest BCUT2D eigenvalue weighted by molar-refractivity contribution is 7.99. The van der Waals surface area contributed by atoms with Crippen LogP contribution in [0.15, 0.2) is 27.2 Å². The summed E-state index contributed by atoms with van der Waals surface area (Å²) in [6.07, 6.45) is 1.74. The second kappa shape index (κ2) is 4.85. The highest BCUT2D eigenvalue weighted by Gasteiger charge is 2.14. The molecule has 0 saturated heterocycles. The Kier molecular flexibility index (Phi) is 3.42. The van der Waals surface area contributed by atoms with Crippen LogP contribution in [0.5, 0.6) is 0 Å². The lowest BCUT2D eigenvalue weighted by molar-refractivity contribution is 0.534. The number of nitrogens with zero attached hydrogens (tertiary/aromatic N) is 3. The summed E-state index contributed by atoms with van der Waals surface area (Å²) in [4.78, 5) is 15.8. The summed E-state index contributed by atoms with van der Waals surface area (Å²) in [5, 5.41) is 7.65. The summed E-state index contributed by atoms with van der Waals surface area (Å²) in [5.74, 6) is 0. The fourth-order valence-corrected chi connectivity index (χ4v) is 2.51. The van der Waals surface area contributed by atoms with Crippen LogP contribution in [0.2, 0.25) is 0 Å². The molecule has 6 nitrogen and oxygen atoms in total. The lowest BCUT2D eigenvalue weighted by atomic mass is 10.3. The number of nitrogen functional groups attached to an aromatic ring is 1. The fraction of sp³-hybridized carbons (Fsp3) is 0.364. The number of aromatic amines is 1. The number of nitrogens with one attached hydrogen (secondary N) is 1. The van der Waals surface area contributed by atoms with Crippen LogP contribution in [0.1, 0.15) is 25.5 Å². The molecule has 0 saturated carbocycles. The molecule has 0 unspecified atom stereocenters. The predicted octanol–water partition coefficient (Wildman–Crippen LogP) is 1.59. The van der Waals surface area contributed by atoms with Gasteiger partial charge in [0, 0.05) is 12.2 Å². The molecule has 0 spiro atoms. The Morgan fingerprint density at radius 2 is 2.22 bits per heavy atom. The van der Waals surface area contributed by atoms with Gasteiger partial charge in [0.05, 0.1) is 5.69 Å². The molecule has 0 aliphatic carbocycles. The van der Waals surface area contributed by atoms with Crippen LogP contribution >= 0.6 is 11.8 Å². The minimum Gasteiger partial charge on any atom is -0.397 e. The van der Waals surface area contributed by atoms with Gasteiger partial charge in [-0.25, -0.2) is 14.9 Å². The van der Waals surface area contributed by atoms with Gasteiger partial charge in [-0.2, -0.15) is 0 Å². The maximum Gasteiger partial charge on any atom is 0.344 e. The van der Waals surface area contributed by atoms with Gasteiger partial charge in [-0.15, -0.1) is 5.10 Å². The first kappa shape index (κ1) is 12.7. The normalized spacial score (nSPS) is 11.1. The first-order valence-corrected chi connectivity index (χ1v) is 6.37. The lowest BCUT2D eigenvalue weighted by Crippen LogP contribution is -2.19. The van der Waals surface area contributed by atoms with Gasteiger partial charge in [0.2, 0.25) is 0 Å². The molecule has 2 aromatic heterocycles. The topological polar surface area (TPSA) is 89.6 Å². The van der Waals surface area contributed by atoms with Crippen molar-refractivity contribution in [3.63, 3.8) is 0 Å². The smallest absolute Gasteiger partial charge is 0.344 e. The van der Waals surface area contributed by atoms with E-state index in [1.165, 1.54) is 11.8 Å². The number of hydrogen-bond donors (Lipinski definition) is 2. The summed E-state index contributed by atoms with van der Waals surface area (Å²) in [6, 6.07) is 1.88. The van der Waals surface area contributed by atoms with Gasteiger partial charge in [-0.05, 0) is 44.2 Å². The van der Waals surface area contributed by atoms with Gasteiger partial charge in [-0.3, -0.25) is 4.57 Å². The van der Waals surface area contributed by atoms with E-state index in [9.17, 15) is 4.79 Å². The molecule has 3 N–H and O–H groups in total. The molecule has 2 heterocycles. The molecule has 0 bridgehead atoms. The number of nitrogens with two attached hydrogens (primary N) is 1. The third-order valence-electron chi connectivity index (χ3n) is 2.39. The van der Waals surface area contributed by atoms with Crippen LogP contribution in [0.25, 0.3) is 0 Å². The second-order valence-electron chi connectivity index (χ2n) is 4.28. The predicted molar refractivity (Wildman–Crippen MR) is 70.7 cm³/mol. The van der Waals surface area contributed by atoms with Crippen molar-refractivity contribution in [3.8, 4) is 0 Å². The van der Waals surface area contributed by atoms with E-state index in [0.29, 0.717) is 15.9 Å². The fourth-order valence-electron chi connectivity index (χ4n) is 1.57. The molecular formula is C11H15N5OS.